The number of aryl methyl sites for hydroxylation is 1. The molecule has 0 atom stereocenters. The van der Waals surface area contributed by atoms with Crippen molar-refractivity contribution in [3.05, 3.63) is 52.8 Å². The average Bonchev–Trinajstić information content (AvgIpc) is 2.80. The van der Waals surface area contributed by atoms with Gasteiger partial charge in [0.25, 0.3) is 5.91 Å². The molecule has 0 aliphatic rings. The predicted molar refractivity (Wildman–Crippen MR) is 88.9 cm³/mol. The molecule has 1 heterocycles. The number of aromatic hydroxyl groups is 1. The lowest BCUT2D eigenvalue weighted by Gasteiger charge is -2.08. The zero-order chi connectivity index (χ0) is 16.8. The quantitative estimate of drug-likeness (QED) is 0.634. The molecule has 0 radical (unpaired) electrons. The van der Waals surface area contributed by atoms with Gasteiger partial charge in [-0.05, 0) is 44.2 Å². The van der Waals surface area contributed by atoms with Crippen LogP contribution in [0.5, 0.6) is 5.75 Å². The summed E-state index contributed by atoms with van der Waals surface area (Å²) < 4.78 is 7.25. The number of aromatic nitrogens is 1. The molecule has 1 aromatic heterocycles. The van der Waals surface area contributed by atoms with Gasteiger partial charge in [-0.25, -0.2) is 5.43 Å². The summed E-state index contributed by atoms with van der Waals surface area (Å²) in [5.41, 5.74) is 6.05. The Morgan fingerprint density at radius 1 is 1.35 bits per heavy atom. The van der Waals surface area contributed by atoms with Crippen LogP contribution < -0.4 is 5.43 Å². The third kappa shape index (κ3) is 4.20. The van der Waals surface area contributed by atoms with Gasteiger partial charge in [-0.2, -0.15) is 5.10 Å². The largest absolute Gasteiger partial charge is 0.508 e. The van der Waals surface area contributed by atoms with Crippen molar-refractivity contribution in [3.63, 3.8) is 0 Å². The van der Waals surface area contributed by atoms with Gasteiger partial charge in [0, 0.05) is 36.2 Å². The van der Waals surface area contributed by atoms with Crippen molar-refractivity contribution in [2.45, 2.75) is 20.4 Å². The minimum atomic E-state index is -0.325. The van der Waals surface area contributed by atoms with E-state index in [-0.39, 0.29) is 11.7 Å². The first-order valence-corrected chi connectivity index (χ1v) is 7.31. The molecule has 0 aliphatic heterocycles. The van der Waals surface area contributed by atoms with E-state index in [9.17, 15) is 9.90 Å². The van der Waals surface area contributed by atoms with Crippen LogP contribution in [0, 0.1) is 13.8 Å². The lowest BCUT2D eigenvalue weighted by Crippen LogP contribution is -2.17. The first-order valence-electron chi connectivity index (χ1n) is 7.31. The van der Waals surface area contributed by atoms with Crippen molar-refractivity contribution in [1.82, 2.24) is 9.99 Å². The Balaban J connectivity index is 2.03. The van der Waals surface area contributed by atoms with Crippen molar-refractivity contribution in [3.8, 4) is 5.75 Å². The van der Waals surface area contributed by atoms with Crippen LogP contribution >= 0.6 is 0 Å². The van der Waals surface area contributed by atoms with E-state index in [2.05, 4.69) is 15.1 Å². The van der Waals surface area contributed by atoms with Gasteiger partial charge in [-0.1, -0.05) is 0 Å². The molecule has 1 amide bonds. The number of nitrogens with one attached hydrogen (secondary N) is 1. The zero-order valence-electron chi connectivity index (χ0n) is 13.5. The molecule has 2 aromatic rings. The summed E-state index contributed by atoms with van der Waals surface area (Å²) in [4.78, 5) is 11.9. The van der Waals surface area contributed by atoms with E-state index in [0.29, 0.717) is 12.2 Å². The Bertz CT molecular complexity index is 703. The van der Waals surface area contributed by atoms with Crippen molar-refractivity contribution >= 4 is 12.1 Å². The van der Waals surface area contributed by atoms with E-state index in [1.807, 2.05) is 19.9 Å². The second-order valence-corrected chi connectivity index (χ2v) is 5.22. The molecule has 0 saturated heterocycles. The summed E-state index contributed by atoms with van der Waals surface area (Å²) in [6.45, 7) is 5.45. The van der Waals surface area contributed by atoms with Crippen molar-refractivity contribution < 1.29 is 14.6 Å². The Kier molecular flexibility index (Phi) is 5.54. The van der Waals surface area contributed by atoms with E-state index < -0.39 is 0 Å². The van der Waals surface area contributed by atoms with Crippen LogP contribution in [0.2, 0.25) is 0 Å². The molecule has 122 valence electrons. The minimum absolute atomic E-state index is 0.119. The molecule has 0 saturated carbocycles. The van der Waals surface area contributed by atoms with E-state index in [1.165, 1.54) is 24.3 Å². The topological polar surface area (TPSA) is 75.8 Å². The number of phenolic OH excluding ortho intramolecular Hbond substituents is 1. The van der Waals surface area contributed by atoms with Gasteiger partial charge in [0.15, 0.2) is 0 Å². The molecule has 0 spiro atoms. The average molecular weight is 315 g/mol. The molecule has 23 heavy (non-hydrogen) atoms. The molecular weight excluding hydrogens is 294 g/mol. The number of methoxy groups -OCH3 is 1. The first kappa shape index (κ1) is 16.8. The fraction of sp³-hybridized carbons (Fsp3) is 0.294. The van der Waals surface area contributed by atoms with Crippen LogP contribution in [0.1, 0.15) is 27.3 Å². The van der Waals surface area contributed by atoms with Crippen molar-refractivity contribution in [2.24, 2.45) is 5.10 Å². The molecule has 1 aromatic carbocycles. The van der Waals surface area contributed by atoms with Crippen molar-refractivity contribution in [1.29, 1.82) is 0 Å². The van der Waals surface area contributed by atoms with Gasteiger partial charge in [-0.15, -0.1) is 0 Å². The summed E-state index contributed by atoms with van der Waals surface area (Å²) in [6.07, 6.45) is 1.63. The fourth-order valence-electron chi connectivity index (χ4n) is 2.32. The van der Waals surface area contributed by atoms with Crippen LogP contribution in [0.3, 0.4) is 0 Å². The molecule has 0 unspecified atom stereocenters. The number of ether oxygens (including phenoxy) is 1. The highest BCUT2D eigenvalue weighted by Crippen LogP contribution is 2.13. The normalized spacial score (nSPS) is 11.1. The number of carbonyl (C=O) groups is 1. The highest BCUT2D eigenvalue weighted by molar-refractivity contribution is 5.95. The molecule has 0 aliphatic carbocycles. The highest BCUT2D eigenvalue weighted by Gasteiger charge is 2.07. The molecule has 0 fully saturated rings. The second kappa shape index (κ2) is 7.60. The third-order valence-electron chi connectivity index (χ3n) is 3.63. The van der Waals surface area contributed by atoms with E-state index in [4.69, 9.17) is 4.74 Å². The number of nitrogens with zero attached hydrogens (tertiary/aromatic N) is 2. The number of phenols is 1. The number of hydrogen-bond donors (Lipinski definition) is 2. The van der Waals surface area contributed by atoms with Gasteiger partial charge < -0.3 is 14.4 Å². The first-order chi connectivity index (χ1) is 11.0. The van der Waals surface area contributed by atoms with Gasteiger partial charge >= 0.3 is 0 Å². The fourth-order valence-corrected chi connectivity index (χ4v) is 2.32. The summed E-state index contributed by atoms with van der Waals surface area (Å²) in [5.74, 6) is -0.206. The maximum Gasteiger partial charge on any atom is 0.271 e. The van der Waals surface area contributed by atoms with Crippen LogP contribution in [-0.4, -0.2) is 35.5 Å². The Morgan fingerprint density at radius 2 is 2.04 bits per heavy atom. The van der Waals surface area contributed by atoms with Crippen LogP contribution in [0.15, 0.2) is 35.4 Å². The van der Waals surface area contributed by atoms with E-state index >= 15 is 0 Å². The van der Waals surface area contributed by atoms with Crippen LogP contribution in [0.4, 0.5) is 0 Å². The number of hydrogen-bond acceptors (Lipinski definition) is 4. The zero-order valence-corrected chi connectivity index (χ0v) is 13.5. The molecule has 6 heteroatoms. The second-order valence-electron chi connectivity index (χ2n) is 5.22. The summed E-state index contributed by atoms with van der Waals surface area (Å²) >= 11 is 0. The number of benzene rings is 1. The standard InChI is InChI=1S/C17H21N3O3/c1-12-10-15(13(2)20(12)8-9-23-3)11-18-19-17(22)14-4-6-16(21)7-5-14/h4-7,10-11,21H,8-9H2,1-3H3,(H,19,22). The van der Waals surface area contributed by atoms with E-state index in [0.717, 1.165) is 23.5 Å². The predicted octanol–water partition coefficient (Wildman–Crippen LogP) is 2.22. The lowest BCUT2D eigenvalue weighted by molar-refractivity contribution is 0.0955. The highest BCUT2D eigenvalue weighted by atomic mass is 16.5. The van der Waals surface area contributed by atoms with Gasteiger partial charge in [0.05, 0.1) is 12.8 Å². The summed E-state index contributed by atoms with van der Waals surface area (Å²) in [5, 5.41) is 13.2. The maximum absolute atomic E-state index is 11.9. The van der Waals surface area contributed by atoms with Gasteiger partial charge in [0.1, 0.15) is 5.75 Å². The summed E-state index contributed by atoms with van der Waals surface area (Å²) in [7, 11) is 1.68. The van der Waals surface area contributed by atoms with Crippen LogP contribution in [0.25, 0.3) is 0 Å². The Hall–Kier alpha value is -2.60. The number of rotatable bonds is 6. The SMILES string of the molecule is COCCn1c(C)cc(C=NNC(=O)c2ccc(O)cc2)c1C. The Labute approximate surface area is 135 Å². The number of carbonyl (C=O) groups excluding carboxylic acids is 1. The molecular formula is C17H21N3O3. The smallest absolute Gasteiger partial charge is 0.271 e. The molecule has 2 rings (SSSR count). The minimum Gasteiger partial charge on any atom is -0.508 e. The lowest BCUT2D eigenvalue weighted by atomic mass is 10.2. The number of hydrazone groups is 1. The van der Waals surface area contributed by atoms with Gasteiger partial charge in [0.2, 0.25) is 0 Å². The molecule has 0 bridgehead atoms. The third-order valence-corrected chi connectivity index (χ3v) is 3.63. The van der Waals surface area contributed by atoms with Crippen LogP contribution in [-0.2, 0) is 11.3 Å². The maximum atomic E-state index is 11.9. The monoisotopic (exact) mass is 315 g/mol. The molecule has 6 nitrogen and oxygen atoms in total. The Morgan fingerprint density at radius 3 is 2.70 bits per heavy atom. The van der Waals surface area contributed by atoms with Crippen molar-refractivity contribution in [2.75, 3.05) is 13.7 Å². The molecule has 2 N–H and O–H groups in total. The van der Waals surface area contributed by atoms with E-state index in [1.54, 1.807) is 13.3 Å². The summed E-state index contributed by atoms with van der Waals surface area (Å²) in [6, 6.07) is 8.01. The number of amides is 1. The van der Waals surface area contributed by atoms with Gasteiger partial charge in [-0.3, -0.25) is 4.79 Å².